The molecular weight excluding hydrogens is 151 g/mol. The Morgan fingerprint density at radius 3 is 0.929 bits per heavy atom. The lowest BCUT2D eigenvalue weighted by Gasteiger charge is -2.34. The van der Waals surface area contributed by atoms with Gasteiger partial charge in [0.05, 0.1) is 0 Å². The third kappa shape index (κ3) is 4.19. The second-order valence-electron chi connectivity index (χ2n) is 3.65. The van der Waals surface area contributed by atoms with Crippen LogP contribution in [0, 0.1) is 0 Å². The smallest absolute Gasteiger partial charge is 0.00000000351 e. The molecule has 14 radical (unpaired) electrons. The molecule has 0 atom stereocenters. The SMILES string of the molecule is [B]B([B])B(B([B])[B])B(B([B])[B])B([BH])[BH]. The molecule has 0 rings (SSSR count). The van der Waals surface area contributed by atoms with E-state index >= 15 is 0 Å². The third-order valence-electron chi connectivity index (χ3n) is 2.32. The van der Waals surface area contributed by atoms with Gasteiger partial charge in [-0.1, -0.05) is 0 Å². The second-order valence-corrected chi connectivity index (χ2v) is 3.65. The Bertz CT molecular complexity index is 108. The van der Waals surface area contributed by atoms with E-state index in [-0.39, 0.29) is 12.8 Å². The summed E-state index contributed by atoms with van der Waals surface area (Å²) < 4.78 is 0. The Balaban J connectivity index is 4.74. The topological polar surface area (TPSA) is 0 Å². The van der Waals surface area contributed by atoms with Crippen molar-refractivity contribution in [3.8, 4) is 0 Å². The second kappa shape index (κ2) is 6.48. The van der Waals surface area contributed by atoms with Crippen LogP contribution in [0.25, 0.3) is 0 Å². The van der Waals surface area contributed by atoms with Crippen molar-refractivity contribution >= 4 is 100 Å². The van der Waals surface area contributed by atoms with Gasteiger partial charge in [-0.25, -0.2) is 0 Å². The first-order valence-corrected chi connectivity index (χ1v) is 4.48. The lowest BCUT2D eigenvalue weighted by Crippen LogP contribution is -2.72. The summed E-state index contributed by atoms with van der Waals surface area (Å²) in [6.45, 7) is 0. The summed E-state index contributed by atoms with van der Waals surface area (Å²) in [5.41, 5.74) is 0. The van der Waals surface area contributed by atoms with Crippen molar-refractivity contribution in [1.82, 2.24) is 0 Å². The van der Waals surface area contributed by atoms with Crippen LogP contribution in [-0.2, 0) is 0 Å². The zero-order valence-corrected chi connectivity index (χ0v) is 8.34. The van der Waals surface area contributed by atoms with E-state index in [9.17, 15) is 0 Å². The van der Waals surface area contributed by atoms with Crippen molar-refractivity contribution in [2.45, 2.75) is 0 Å². The molecule has 0 aliphatic carbocycles. The van der Waals surface area contributed by atoms with Gasteiger partial charge >= 0.3 is 0 Å². The maximum atomic E-state index is 5.59. The Labute approximate surface area is 100 Å². The fourth-order valence-electron chi connectivity index (χ4n) is 1.65. The molecule has 0 nitrogen and oxygen atoms in total. The van der Waals surface area contributed by atoms with Gasteiger partial charge in [-0.2, -0.15) is 0 Å². The lowest BCUT2D eigenvalue weighted by molar-refractivity contribution is 3.41. The third-order valence-corrected chi connectivity index (χ3v) is 2.32. The van der Waals surface area contributed by atoms with E-state index in [1.54, 1.807) is 0 Å². The summed E-state index contributed by atoms with van der Waals surface area (Å²) in [6, 6.07) is 0. The van der Waals surface area contributed by atoms with Crippen molar-refractivity contribution in [2.24, 2.45) is 0 Å². The van der Waals surface area contributed by atoms with E-state index in [1.165, 1.54) is 0 Å². The molecule has 0 spiro atoms. The van der Waals surface area contributed by atoms with Crippen LogP contribution in [0.4, 0.5) is 0 Å². The normalized spacial score (nSPS) is 8.86. The van der Waals surface area contributed by atoms with Crippen LogP contribution in [0.1, 0.15) is 0 Å². The van der Waals surface area contributed by atoms with Gasteiger partial charge in [0.1, 0.15) is 0 Å². The van der Waals surface area contributed by atoms with Crippen LogP contribution in [0.15, 0.2) is 0 Å². The standard InChI is InChI=1S/B14H2/c1-9(2)13(10(3)4)14(11(5)6)12(7)8/h1-2H. The molecule has 0 N–H and O–H groups in total. The minimum absolute atomic E-state index is 0.260. The number of hydrogen-bond acceptors (Lipinski definition) is 0. The Morgan fingerprint density at radius 2 is 0.857 bits per heavy atom. The van der Waals surface area contributed by atoms with E-state index in [0.717, 1.165) is 0 Å². The van der Waals surface area contributed by atoms with Gasteiger partial charge in [0, 0.05) is 100 Å². The maximum Gasteiger partial charge on any atom is 0.0326 e. The minimum atomic E-state index is -0.680. The molecule has 0 heterocycles. The van der Waals surface area contributed by atoms with Crippen molar-refractivity contribution < 1.29 is 0 Å². The fourth-order valence-corrected chi connectivity index (χ4v) is 1.65. The Hall–Kier alpha value is 0.909. The molecule has 0 unspecified atom stereocenters. The summed E-state index contributed by atoms with van der Waals surface area (Å²) in [4.78, 5) is 0. The Kier molecular flexibility index (Phi) is 6.90. The van der Waals surface area contributed by atoms with Gasteiger partial charge in [0.15, 0.2) is 0 Å². The van der Waals surface area contributed by atoms with Gasteiger partial charge < -0.3 is 0 Å². The van der Waals surface area contributed by atoms with Crippen molar-refractivity contribution in [2.75, 3.05) is 0 Å². The van der Waals surface area contributed by atoms with E-state index in [4.69, 9.17) is 46.4 Å². The highest BCUT2D eigenvalue weighted by atomic mass is 13.2. The number of rotatable bonds is 5. The first-order valence-electron chi connectivity index (χ1n) is 4.48. The molecule has 0 bridgehead atoms. The fraction of sp³-hybridized carbons (Fsp3) is 0. The van der Waals surface area contributed by atoms with Crippen LogP contribution in [0.3, 0.4) is 0 Å². The predicted octanol–water partition coefficient (Wildman–Crippen LogP) is -5.87. The van der Waals surface area contributed by atoms with Crippen molar-refractivity contribution in [1.29, 1.82) is 0 Å². The van der Waals surface area contributed by atoms with Crippen molar-refractivity contribution in [3.05, 3.63) is 0 Å². The molecule has 0 fully saturated rings. The maximum absolute atomic E-state index is 5.59. The molecule has 0 aromatic carbocycles. The number of hydrogen-bond donors (Lipinski definition) is 0. The lowest BCUT2D eigenvalue weighted by atomic mass is 8.47. The molecule has 14 heteroatoms. The summed E-state index contributed by atoms with van der Waals surface area (Å²) in [7, 11) is 40.9. The molecule has 0 amide bonds. The van der Waals surface area contributed by atoms with E-state index in [0.29, 0.717) is 0 Å². The average Bonchev–Trinajstić information content (AvgIpc) is 1.96. The van der Waals surface area contributed by atoms with Crippen LogP contribution < -0.4 is 0 Å². The first-order chi connectivity index (χ1) is 6.29. The highest BCUT2D eigenvalue weighted by molar-refractivity contribution is 8.10. The summed E-state index contributed by atoms with van der Waals surface area (Å²) in [5, 5.41) is 0. The molecule has 0 aromatic heterocycles. The monoisotopic (exact) mass is 156 g/mol. The van der Waals surface area contributed by atoms with E-state index in [2.05, 4.69) is 15.5 Å². The zero-order chi connectivity index (χ0) is 11.5. The molecule has 0 aromatic rings. The van der Waals surface area contributed by atoms with Gasteiger partial charge in [-0.15, -0.1) is 0 Å². The molecule has 14 heavy (non-hydrogen) atoms. The largest absolute Gasteiger partial charge is 0.0326 e. The Morgan fingerprint density at radius 1 is 0.571 bits per heavy atom. The minimum Gasteiger partial charge on any atom is 0.00000000351 e. The van der Waals surface area contributed by atoms with E-state index < -0.39 is 25.5 Å². The quantitative estimate of drug-likeness (QED) is 0.345. The van der Waals surface area contributed by atoms with Crippen LogP contribution in [0.2, 0.25) is 0 Å². The molecule has 0 aliphatic rings. The van der Waals surface area contributed by atoms with Gasteiger partial charge in [0.2, 0.25) is 0 Å². The van der Waals surface area contributed by atoms with Crippen LogP contribution in [-0.4, -0.2) is 100 Å². The summed E-state index contributed by atoms with van der Waals surface area (Å²) in [5.74, 6) is 0. The summed E-state index contributed by atoms with van der Waals surface area (Å²) in [6.07, 6.45) is -2.94. The van der Waals surface area contributed by atoms with E-state index in [1.807, 2.05) is 0 Å². The molecule has 44 valence electrons. The molecule has 0 aliphatic heterocycles. The highest BCUT2D eigenvalue weighted by Gasteiger charge is 2.35. The average molecular weight is 153 g/mol. The molecular formula is H2B14. The first kappa shape index (κ1) is 14.9. The zero-order valence-electron chi connectivity index (χ0n) is 8.34. The van der Waals surface area contributed by atoms with Crippen molar-refractivity contribution in [3.63, 3.8) is 0 Å². The van der Waals surface area contributed by atoms with Gasteiger partial charge in [-0.3, -0.25) is 0 Å². The highest BCUT2D eigenvalue weighted by Crippen LogP contribution is 1.97. The predicted molar refractivity (Wildman–Crippen MR) is 83.3 cm³/mol. The van der Waals surface area contributed by atoms with Gasteiger partial charge in [-0.05, 0) is 0 Å². The molecule has 0 saturated heterocycles. The van der Waals surface area contributed by atoms with Crippen LogP contribution >= 0.6 is 0 Å². The van der Waals surface area contributed by atoms with Crippen LogP contribution in [0.5, 0.6) is 0 Å². The molecule has 0 saturated carbocycles. The van der Waals surface area contributed by atoms with Gasteiger partial charge in [0.25, 0.3) is 0 Å². The summed E-state index contributed by atoms with van der Waals surface area (Å²) >= 11 is 0.